The van der Waals surface area contributed by atoms with Crippen molar-refractivity contribution in [3.05, 3.63) is 29.8 Å². The normalized spacial score (nSPS) is 27.6. The highest BCUT2D eigenvalue weighted by atomic mass is 16.2. The minimum absolute atomic E-state index is 0.250. The summed E-state index contributed by atoms with van der Waals surface area (Å²) in [5, 5.41) is 2.67. The van der Waals surface area contributed by atoms with Crippen LogP contribution in [0.15, 0.2) is 24.3 Å². The summed E-state index contributed by atoms with van der Waals surface area (Å²) in [5.41, 5.74) is 1.56. The number of aryl methyl sites for hydroxylation is 1. The molecule has 1 N–H and O–H groups in total. The third kappa shape index (κ3) is 3.19. The van der Waals surface area contributed by atoms with Crippen LogP contribution in [0.4, 0.5) is 10.5 Å². The second-order valence-electron chi connectivity index (χ2n) is 8.35. The number of carbonyl (C=O) groups is 4. The lowest BCUT2D eigenvalue weighted by molar-refractivity contribution is -0.144. The highest BCUT2D eigenvalue weighted by Gasteiger charge is 2.52. The number of hydrogen-bond acceptors (Lipinski definition) is 4. The Kier molecular flexibility index (Phi) is 4.69. The largest absolute Gasteiger partial charge is 0.334 e. The maximum atomic E-state index is 12.8. The SMILES string of the molecule is Cc1cccc(NC(=O)CN2C(=O)C(=O)N([C@H](C)[C@@H]3C[C@H]4CC[C@H]3C4)C2=O)c1. The van der Waals surface area contributed by atoms with Gasteiger partial charge in [0.25, 0.3) is 0 Å². The fourth-order valence-electron chi connectivity index (χ4n) is 5.16. The molecule has 7 heteroatoms. The molecule has 1 saturated heterocycles. The van der Waals surface area contributed by atoms with Gasteiger partial charge in [-0.15, -0.1) is 0 Å². The molecule has 0 unspecified atom stereocenters. The predicted octanol–water partition coefficient (Wildman–Crippen LogP) is 2.55. The van der Waals surface area contributed by atoms with Crippen molar-refractivity contribution >= 4 is 29.4 Å². The van der Waals surface area contributed by atoms with E-state index in [2.05, 4.69) is 5.32 Å². The lowest BCUT2D eigenvalue weighted by Gasteiger charge is -2.32. The molecule has 1 aromatic carbocycles. The number of amides is 5. The molecule has 1 heterocycles. The minimum Gasteiger partial charge on any atom is -0.325 e. The van der Waals surface area contributed by atoms with Crippen molar-refractivity contribution in [3.8, 4) is 0 Å². The van der Waals surface area contributed by atoms with Crippen molar-refractivity contribution in [2.75, 3.05) is 11.9 Å². The number of nitrogens with one attached hydrogen (secondary N) is 1. The van der Waals surface area contributed by atoms with E-state index in [9.17, 15) is 19.2 Å². The third-order valence-electron chi connectivity index (χ3n) is 6.51. The van der Waals surface area contributed by atoms with Gasteiger partial charge in [-0.1, -0.05) is 18.6 Å². The Balaban J connectivity index is 1.44. The molecule has 2 saturated carbocycles. The van der Waals surface area contributed by atoms with Crippen molar-refractivity contribution in [1.82, 2.24) is 9.80 Å². The first-order chi connectivity index (χ1) is 13.3. The van der Waals surface area contributed by atoms with Crippen molar-refractivity contribution in [1.29, 1.82) is 0 Å². The van der Waals surface area contributed by atoms with Crippen LogP contribution in [0, 0.1) is 24.7 Å². The number of benzene rings is 1. The van der Waals surface area contributed by atoms with Gasteiger partial charge in [-0.25, -0.2) is 9.69 Å². The van der Waals surface area contributed by atoms with Crippen molar-refractivity contribution in [2.24, 2.45) is 17.8 Å². The molecule has 4 atom stereocenters. The van der Waals surface area contributed by atoms with E-state index in [1.807, 2.05) is 19.9 Å². The molecule has 0 radical (unpaired) electrons. The zero-order chi connectivity index (χ0) is 20.0. The molecule has 148 valence electrons. The Morgan fingerprint density at radius 2 is 1.96 bits per heavy atom. The summed E-state index contributed by atoms with van der Waals surface area (Å²) in [4.78, 5) is 51.8. The Labute approximate surface area is 164 Å². The summed E-state index contributed by atoms with van der Waals surface area (Å²) in [6.07, 6.45) is 4.51. The first-order valence-corrected chi connectivity index (χ1v) is 9.90. The highest BCUT2D eigenvalue weighted by molar-refractivity contribution is 6.45. The van der Waals surface area contributed by atoms with Crippen LogP contribution in [0.1, 0.15) is 38.2 Å². The van der Waals surface area contributed by atoms with Crippen molar-refractivity contribution in [2.45, 2.75) is 45.6 Å². The molecule has 3 aliphatic rings. The maximum absolute atomic E-state index is 12.8. The van der Waals surface area contributed by atoms with Crippen LogP contribution in [0.25, 0.3) is 0 Å². The monoisotopic (exact) mass is 383 g/mol. The maximum Gasteiger partial charge on any atom is 0.334 e. The summed E-state index contributed by atoms with van der Waals surface area (Å²) < 4.78 is 0. The Bertz CT molecular complexity index is 852. The molecular weight excluding hydrogens is 358 g/mol. The number of rotatable bonds is 5. The van der Waals surface area contributed by atoms with Crippen LogP contribution in [-0.4, -0.2) is 46.1 Å². The standard InChI is InChI=1S/C21H25N3O4/c1-12-4-3-5-16(8-12)22-18(25)11-23-19(26)20(27)24(21(23)28)13(2)17-10-14-6-7-15(17)9-14/h3-5,8,13-15,17H,6-7,9-11H2,1-2H3,(H,22,25)/t13-,14+,15+,17+/m1/s1. The molecule has 1 aliphatic heterocycles. The van der Waals surface area contributed by atoms with Gasteiger partial charge in [0.1, 0.15) is 6.54 Å². The van der Waals surface area contributed by atoms with Crippen LogP contribution >= 0.6 is 0 Å². The zero-order valence-electron chi connectivity index (χ0n) is 16.2. The fourth-order valence-corrected chi connectivity index (χ4v) is 5.16. The van der Waals surface area contributed by atoms with E-state index >= 15 is 0 Å². The van der Waals surface area contributed by atoms with E-state index in [0.717, 1.165) is 34.6 Å². The van der Waals surface area contributed by atoms with Gasteiger partial charge in [0.15, 0.2) is 0 Å². The van der Waals surface area contributed by atoms with E-state index in [4.69, 9.17) is 0 Å². The Morgan fingerprint density at radius 3 is 2.61 bits per heavy atom. The van der Waals surface area contributed by atoms with Gasteiger partial charge in [-0.05, 0) is 68.6 Å². The molecule has 7 nitrogen and oxygen atoms in total. The van der Waals surface area contributed by atoms with Gasteiger partial charge >= 0.3 is 17.8 Å². The van der Waals surface area contributed by atoms with Crippen LogP contribution in [0.2, 0.25) is 0 Å². The van der Waals surface area contributed by atoms with Crippen LogP contribution in [0.5, 0.6) is 0 Å². The quantitative estimate of drug-likeness (QED) is 0.625. The van der Waals surface area contributed by atoms with Crippen LogP contribution in [0.3, 0.4) is 0 Å². The molecule has 1 aromatic rings. The molecule has 0 spiro atoms. The van der Waals surface area contributed by atoms with Gasteiger partial charge in [-0.3, -0.25) is 19.3 Å². The lowest BCUT2D eigenvalue weighted by Crippen LogP contribution is -2.45. The smallest absolute Gasteiger partial charge is 0.325 e. The number of fused-ring (bicyclic) bond motifs is 2. The van der Waals surface area contributed by atoms with Gasteiger partial charge in [-0.2, -0.15) is 0 Å². The van der Waals surface area contributed by atoms with Gasteiger partial charge < -0.3 is 5.32 Å². The molecule has 28 heavy (non-hydrogen) atoms. The Morgan fingerprint density at radius 1 is 1.18 bits per heavy atom. The number of anilines is 1. The molecule has 2 bridgehead atoms. The van der Waals surface area contributed by atoms with Crippen molar-refractivity contribution < 1.29 is 19.2 Å². The summed E-state index contributed by atoms with van der Waals surface area (Å²) in [6.45, 7) is 3.29. The summed E-state index contributed by atoms with van der Waals surface area (Å²) >= 11 is 0. The molecule has 4 rings (SSSR count). The van der Waals surface area contributed by atoms with E-state index in [1.54, 1.807) is 18.2 Å². The highest BCUT2D eigenvalue weighted by Crippen LogP contribution is 2.50. The summed E-state index contributed by atoms with van der Waals surface area (Å²) in [7, 11) is 0. The van der Waals surface area contributed by atoms with Crippen molar-refractivity contribution in [3.63, 3.8) is 0 Å². The van der Waals surface area contributed by atoms with Gasteiger partial charge in [0, 0.05) is 11.7 Å². The number of hydrogen-bond donors (Lipinski definition) is 1. The summed E-state index contributed by atoms with van der Waals surface area (Å²) in [5.74, 6) is -0.787. The second kappa shape index (κ2) is 7.04. The molecular formula is C21H25N3O4. The molecule has 0 aromatic heterocycles. The number of nitrogens with zero attached hydrogens (tertiary/aromatic N) is 2. The Hall–Kier alpha value is -2.70. The van der Waals surface area contributed by atoms with E-state index in [0.29, 0.717) is 17.5 Å². The molecule has 2 aliphatic carbocycles. The van der Waals surface area contributed by atoms with E-state index in [-0.39, 0.29) is 12.0 Å². The molecule has 5 amide bonds. The number of imide groups is 2. The third-order valence-corrected chi connectivity index (χ3v) is 6.51. The average Bonchev–Trinajstić information content (AvgIpc) is 3.33. The average molecular weight is 383 g/mol. The second-order valence-corrected chi connectivity index (χ2v) is 8.35. The van der Waals surface area contributed by atoms with Crippen LogP contribution in [-0.2, 0) is 14.4 Å². The predicted molar refractivity (Wildman–Crippen MR) is 102 cm³/mol. The van der Waals surface area contributed by atoms with E-state index in [1.165, 1.54) is 6.42 Å². The lowest BCUT2D eigenvalue weighted by atomic mass is 9.83. The first-order valence-electron chi connectivity index (χ1n) is 9.90. The first kappa shape index (κ1) is 18.7. The zero-order valence-corrected chi connectivity index (χ0v) is 16.2. The van der Waals surface area contributed by atoms with Gasteiger partial charge in [0.05, 0.1) is 0 Å². The summed E-state index contributed by atoms with van der Waals surface area (Å²) in [6, 6.07) is 6.23. The fraction of sp³-hybridized carbons (Fsp3) is 0.524. The number of urea groups is 1. The van der Waals surface area contributed by atoms with E-state index < -0.39 is 30.3 Å². The molecule has 3 fully saturated rings. The number of carbonyl (C=O) groups excluding carboxylic acids is 4. The van der Waals surface area contributed by atoms with Crippen LogP contribution < -0.4 is 5.32 Å². The minimum atomic E-state index is -0.917. The van der Waals surface area contributed by atoms with Gasteiger partial charge in [0.2, 0.25) is 5.91 Å². The topological polar surface area (TPSA) is 86.8 Å².